The Hall–Kier alpha value is -3.33. The molecule has 0 spiro atoms. The van der Waals surface area contributed by atoms with Gasteiger partial charge in [-0.25, -0.2) is 4.79 Å². The first-order valence-electron chi connectivity index (χ1n) is 7.61. The second-order valence-electron chi connectivity index (χ2n) is 4.97. The Morgan fingerprint density at radius 3 is 2.48 bits per heavy atom. The first-order valence-corrected chi connectivity index (χ1v) is 7.61. The number of carbonyl (C=O) groups is 2. The Kier molecular flexibility index (Phi) is 6.13. The molecule has 0 bridgehead atoms. The molecule has 0 unspecified atom stereocenters. The number of nitriles is 1. The van der Waals surface area contributed by atoms with Crippen molar-refractivity contribution in [3.8, 4) is 17.6 Å². The Morgan fingerprint density at radius 1 is 1.16 bits per heavy atom. The summed E-state index contributed by atoms with van der Waals surface area (Å²) in [6, 6.07) is 13.3. The number of ketones is 1. The van der Waals surface area contributed by atoms with E-state index in [0.717, 1.165) is 0 Å². The van der Waals surface area contributed by atoms with Crippen LogP contribution in [-0.2, 0) is 4.74 Å². The zero-order valence-corrected chi connectivity index (χ0v) is 13.9. The molecule has 0 radical (unpaired) electrons. The third kappa shape index (κ3) is 4.36. The number of nitrogens with zero attached hydrogens (tertiary/aromatic N) is 1. The second kappa shape index (κ2) is 8.50. The minimum Gasteiger partial charge on any atom is -0.493 e. The van der Waals surface area contributed by atoms with Crippen LogP contribution in [0.1, 0.15) is 33.2 Å². The number of hydrogen-bond donors (Lipinski definition) is 0. The molecule has 2 aromatic carbocycles. The summed E-state index contributed by atoms with van der Waals surface area (Å²) in [5, 5.41) is 9.10. The van der Waals surface area contributed by atoms with E-state index in [1.165, 1.54) is 19.2 Å². The maximum absolute atomic E-state index is 12.4. The molecule has 2 rings (SSSR count). The van der Waals surface area contributed by atoms with Gasteiger partial charge in [0.1, 0.15) is 5.56 Å². The molecule has 0 heterocycles. The summed E-state index contributed by atoms with van der Waals surface area (Å²) < 4.78 is 15.7. The molecule has 0 N–H and O–H groups in total. The average Bonchev–Trinajstić information content (AvgIpc) is 2.66. The van der Waals surface area contributed by atoms with Gasteiger partial charge in [0.05, 0.1) is 25.3 Å². The summed E-state index contributed by atoms with van der Waals surface area (Å²) in [6.45, 7) is 1.64. The minimum atomic E-state index is -0.761. The number of Topliss-reactive ketones (excluding diaryl/α,β-unsaturated/α-hetero) is 1. The lowest BCUT2D eigenvalue weighted by Crippen LogP contribution is -2.15. The molecule has 128 valence electrons. The average molecular weight is 339 g/mol. The number of hydrogen-bond acceptors (Lipinski definition) is 6. The summed E-state index contributed by atoms with van der Waals surface area (Å²) in [7, 11) is 1.41. The van der Waals surface area contributed by atoms with Crippen molar-refractivity contribution in [2.24, 2.45) is 0 Å². The van der Waals surface area contributed by atoms with Crippen molar-refractivity contribution < 1.29 is 23.8 Å². The van der Waals surface area contributed by atoms with Crippen molar-refractivity contribution in [1.29, 1.82) is 5.26 Å². The van der Waals surface area contributed by atoms with E-state index in [1.807, 2.05) is 6.07 Å². The maximum Gasteiger partial charge on any atom is 0.342 e. The summed E-state index contributed by atoms with van der Waals surface area (Å²) >= 11 is 0. The van der Waals surface area contributed by atoms with Crippen molar-refractivity contribution in [2.75, 3.05) is 20.3 Å². The number of rotatable bonds is 7. The van der Waals surface area contributed by atoms with Gasteiger partial charge in [-0.3, -0.25) is 4.79 Å². The van der Waals surface area contributed by atoms with Crippen molar-refractivity contribution >= 4 is 11.8 Å². The predicted octanol–water partition coefficient (Wildman–Crippen LogP) is 3.01. The molecule has 0 amide bonds. The summed E-state index contributed by atoms with van der Waals surface area (Å²) in [5.74, 6) is -0.651. The summed E-state index contributed by atoms with van der Waals surface area (Å²) in [4.78, 5) is 24.4. The van der Waals surface area contributed by atoms with Crippen LogP contribution >= 0.6 is 0 Å². The third-order valence-corrected chi connectivity index (χ3v) is 3.34. The van der Waals surface area contributed by atoms with Crippen LogP contribution in [0.5, 0.6) is 11.5 Å². The van der Waals surface area contributed by atoms with Gasteiger partial charge in [-0.15, -0.1) is 0 Å². The molecular formula is C19H17NO5. The van der Waals surface area contributed by atoms with Crippen molar-refractivity contribution in [1.82, 2.24) is 0 Å². The largest absolute Gasteiger partial charge is 0.493 e. The maximum atomic E-state index is 12.4. The lowest BCUT2D eigenvalue weighted by molar-refractivity contribution is 0.0470. The highest BCUT2D eigenvalue weighted by atomic mass is 16.5. The smallest absolute Gasteiger partial charge is 0.342 e. The highest BCUT2D eigenvalue weighted by Crippen LogP contribution is 2.33. The molecule has 0 saturated heterocycles. The molecule has 6 heteroatoms. The van der Waals surface area contributed by atoms with Crippen molar-refractivity contribution in [3.63, 3.8) is 0 Å². The van der Waals surface area contributed by atoms with Crippen LogP contribution in [0.15, 0.2) is 42.5 Å². The van der Waals surface area contributed by atoms with E-state index in [0.29, 0.717) is 12.2 Å². The van der Waals surface area contributed by atoms with Gasteiger partial charge < -0.3 is 14.2 Å². The molecular weight excluding hydrogens is 322 g/mol. The molecule has 0 atom stereocenters. The van der Waals surface area contributed by atoms with Crippen molar-refractivity contribution in [3.05, 3.63) is 59.2 Å². The van der Waals surface area contributed by atoms with Crippen LogP contribution in [-0.4, -0.2) is 32.1 Å². The molecule has 0 aromatic heterocycles. The lowest BCUT2D eigenvalue weighted by Gasteiger charge is -2.14. The number of methoxy groups -OCH3 is 1. The van der Waals surface area contributed by atoms with Gasteiger partial charge in [-0.2, -0.15) is 5.26 Å². The minimum absolute atomic E-state index is 0.0404. The van der Waals surface area contributed by atoms with E-state index in [2.05, 4.69) is 0 Å². The van der Waals surface area contributed by atoms with E-state index in [1.54, 1.807) is 37.3 Å². The highest BCUT2D eigenvalue weighted by Gasteiger charge is 2.21. The van der Waals surface area contributed by atoms with Gasteiger partial charge in [0.15, 0.2) is 23.9 Å². The van der Waals surface area contributed by atoms with Crippen LogP contribution in [0.2, 0.25) is 0 Å². The molecule has 6 nitrogen and oxygen atoms in total. The summed E-state index contributed by atoms with van der Waals surface area (Å²) in [5.41, 5.74) is 0.712. The normalized spacial score (nSPS) is 9.80. The van der Waals surface area contributed by atoms with Gasteiger partial charge in [0, 0.05) is 11.6 Å². The van der Waals surface area contributed by atoms with Gasteiger partial charge in [0.2, 0.25) is 0 Å². The fourth-order valence-corrected chi connectivity index (χ4v) is 2.18. The zero-order valence-electron chi connectivity index (χ0n) is 13.9. The van der Waals surface area contributed by atoms with Crippen LogP contribution in [0.4, 0.5) is 0 Å². The van der Waals surface area contributed by atoms with Crippen LogP contribution in [0, 0.1) is 11.3 Å². The van der Waals surface area contributed by atoms with E-state index in [4.69, 9.17) is 19.5 Å². The van der Waals surface area contributed by atoms with Crippen LogP contribution in [0.25, 0.3) is 0 Å². The molecule has 2 aromatic rings. The molecule has 0 aliphatic heterocycles. The highest BCUT2D eigenvalue weighted by molar-refractivity contribution is 6.00. The van der Waals surface area contributed by atoms with Crippen molar-refractivity contribution in [2.45, 2.75) is 6.92 Å². The number of benzene rings is 2. The molecule has 25 heavy (non-hydrogen) atoms. The number of carbonyl (C=O) groups excluding carboxylic acids is 2. The molecule has 0 aliphatic carbocycles. The van der Waals surface area contributed by atoms with Gasteiger partial charge in [0.25, 0.3) is 0 Å². The second-order valence-corrected chi connectivity index (χ2v) is 4.97. The molecule has 0 saturated carbocycles. The Balaban J connectivity index is 2.23. The van der Waals surface area contributed by atoms with E-state index in [9.17, 15) is 9.59 Å². The first-order chi connectivity index (χ1) is 12.1. The van der Waals surface area contributed by atoms with E-state index >= 15 is 0 Å². The fraction of sp³-hybridized carbons (Fsp3) is 0.211. The van der Waals surface area contributed by atoms with Gasteiger partial charge in [-0.1, -0.05) is 30.3 Å². The Morgan fingerprint density at radius 2 is 1.88 bits per heavy atom. The molecule has 0 aliphatic rings. The van der Waals surface area contributed by atoms with E-state index in [-0.39, 0.29) is 28.4 Å². The fourth-order valence-electron chi connectivity index (χ4n) is 2.18. The number of esters is 1. The Bertz CT molecular complexity index is 809. The number of ether oxygens (including phenoxy) is 3. The van der Waals surface area contributed by atoms with Crippen LogP contribution < -0.4 is 9.47 Å². The lowest BCUT2D eigenvalue weighted by atomic mass is 10.1. The summed E-state index contributed by atoms with van der Waals surface area (Å²) in [6.07, 6.45) is 0. The van der Waals surface area contributed by atoms with Gasteiger partial charge >= 0.3 is 5.97 Å². The quantitative estimate of drug-likeness (QED) is 0.569. The SMILES string of the molecule is CCOc1c(OC)cc(C#N)cc1C(=O)OCC(=O)c1ccccc1. The third-order valence-electron chi connectivity index (χ3n) is 3.34. The predicted molar refractivity (Wildman–Crippen MR) is 89.9 cm³/mol. The molecule has 0 fully saturated rings. The topological polar surface area (TPSA) is 85.6 Å². The van der Waals surface area contributed by atoms with E-state index < -0.39 is 12.6 Å². The van der Waals surface area contributed by atoms with Crippen LogP contribution in [0.3, 0.4) is 0 Å². The zero-order chi connectivity index (χ0) is 18.2. The monoisotopic (exact) mass is 339 g/mol. The van der Waals surface area contributed by atoms with Gasteiger partial charge in [-0.05, 0) is 13.0 Å². The first kappa shape index (κ1) is 18.0. The Labute approximate surface area is 145 Å². The standard InChI is InChI=1S/C19H17NO5/c1-3-24-18-15(9-13(11-20)10-17(18)23-2)19(22)25-12-16(21)14-7-5-4-6-8-14/h4-10H,3,12H2,1-2H3.